The van der Waals surface area contributed by atoms with Crippen LogP contribution in [0.1, 0.15) is 12.0 Å². The van der Waals surface area contributed by atoms with Crippen LogP contribution in [0.4, 0.5) is 0 Å². The fraction of sp³-hybridized carbons (Fsp3) is 0.316. The number of amides is 1. The summed E-state index contributed by atoms with van der Waals surface area (Å²) in [4.78, 5) is 14.4. The van der Waals surface area contributed by atoms with Crippen LogP contribution in [0.25, 0.3) is 10.8 Å². The molecule has 1 heterocycles. The summed E-state index contributed by atoms with van der Waals surface area (Å²) in [6.07, 6.45) is 2.44. The van der Waals surface area contributed by atoms with Crippen molar-refractivity contribution in [3.05, 3.63) is 60.7 Å². The highest BCUT2D eigenvalue weighted by Crippen LogP contribution is 2.20. The molecule has 5 heteroatoms. The predicted octanol–water partition coefficient (Wildman–Crippen LogP) is 2.58. The Morgan fingerprint density at radius 3 is 2.62 bits per heavy atom. The molecule has 1 aliphatic rings. The lowest BCUT2D eigenvalue weighted by Gasteiger charge is -2.27. The Morgan fingerprint density at radius 2 is 1.96 bits per heavy atom. The molecule has 0 bridgehead atoms. The number of rotatable bonds is 5. The number of fused-ring (bicyclic) bond motifs is 1. The maximum absolute atomic E-state index is 12.7. The van der Waals surface area contributed by atoms with Crippen molar-refractivity contribution < 1.29 is 13.2 Å². The van der Waals surface area contributed by atoms with Gasteiger partial charge in [0.25, 0.3) is 0 Å². The van der Waals surface area contributed by atoms with E-state index in [0.29, 0.717) is 13.0 Å². The number of sulfone groups is 1. The summed E-state index contributed by atoms with van der Waals surface area (Å²) < 4.78 is 23.4. The molecule has 0 spiro atoms. The Kier molecular flexibility index (Phi) is 4.71. The van der Waals surface area contributed by atoms with Crippen LogP contribution < -0.4 is 0 Å². The number of hydrogen-bond donors (Lipinski definition) is 0. The molecule has 2 aromatic rings. The number of hydrogen-bond acceptors (Lipinski definition) is 3. The predicted molar refractivity (Wildman–Crippen MR) is 96.6 cm³/mol. The molecule has 1 amide bonds. The van der Waals surface area contributed by atoms with E-state index in [4.69, 9.17) is 0 Å². The van der Waals surface area contributed by atoms with Crippen LogP contribution in [0.2, 0.25) is 0 Å². The number of nitrogens with zero attached hydrogens (tertiary/aromatic N) is 1. The lowest BCUT2D eigenvalue weighted by atomic mass is 10.0. The van der Waals surface area contributed by atoms with E-state index in [1.807, 2.05) is 42.5 Å². The van der Waals surface area contributed by atoms with Crippen LogP contribution in [-0.4, -0.2) is 43.3 Å². The lowest BCUT2D eigenvalue weighted by molar-refractivity contribution is -0.131. The van der Waals surface area contributed by atoms with Gasteiger partial charge >= 0.3 is 0 Å². The minimum absolute atomic E-state index is 0.0488. The maximum Gasteiger partial charge on any atom is 0.227 e. The summed E-state index contributed by atoms with van der Waals surface area (Å²) in [6.45, 7) is 4.08. The standard InChI is InChI=1S/C19H21NO3S/c1-2-10-20(18-9-11-24(22,23)14-18)19(21)13-15-7-8-16-5-3-4-6-17(16)12-15/h2-8,12,18H,1,9-11,13-14H2/t18-/m0/s1. The molecule has 0 aliphatic carbocycles. The molecule has 0 radical (unpaired) electrons. The molecule has 0 aromatic heterocycles. The van der Waals surface area contributed by atoms with Gasteiger partial charge in [0.2, 0.25) is 5.91 Å². The Labute approximate surface area is 142 Å². The van der Waals surface area contributed by atoms with E-state index in [-0.39, 0.29) is 29.9 Å². The highest BCUT2D eigenvalue weighted by atomic mass is 32.2. The summed E-state index contributed by atoms with van der Waals surface area (Å²) in [5, 5.41) is 2.24. The first-order valence-corrected chi connectivity index (χ1v) is 9.89. The van der Waals surface area contributed by atoms with Gasteiger partial charge in [-0.05, 0) is 22.8 Å². The molecule has 1 aliphatic heterocycles. The Bertz CT molecular complexity index is 873. The van der Waals surface area contributed by atoms with Gasteiger partial charge in [-0.1, -0.05) is 48.5 Å². The van der Waals surface area contributed by atoms with E-state index >= 15 is 0 Å². The van der Waals surface area contributed by atoms with Gasteiger partial charge in [0, 0.05) is 12.6 Å². The van der Waals surface area contributed by atoms with Gasteiger partial charge in [-0.3, -0.25) is 4.79 Å². The summed E-state index contributed by atoms with van der Waals surface area (Å²) in [6, 6.07) is 13.8. The minimum Gasteiger partial charge on any atom is -0.335 e. The van der Waals surface area contributed by atoms with Crippen LogP contribution >= 0.6 is 0 Å². The molecule has 0 unspecified atom stereocenters. The van der Waals surface area contributed by atoms with Crippen molar-refractivity contribution in [3.63, 3.8) is 0 Å². The van der Waals surface area contributed by atoms with Crippen molar-refractivity contribution in [1.82, 2.24) is 4.90 Å². The van der Waals surface area contributed by atoms with Crippen LogP contribution in [-0.2, 0) is 21.1 Å². The third-order valence-electron chi connectivity index (χ3n) is 4.46. The first-order chi connectivity index (χ1) is 11.5. The molecule has 24 heavy (non-hydrogen) atoms. The average Bonchev–Trinajstić information content (AvgIpc) is 2.92. The maximum atomic E-state index is 12.7. The molecule has 0 N–H and O–H groups in total. The summed E-state index contributed by atoms with van der Waals surface area (Å²) >= 11 is 0. The highest BCUT2D eigenvalue weighted by molar-refractivity contribution is 7.91. The largest absolute Gasteiger partial charge is 0.335 e. The van der Waals surface area contributed by atoms with Crippen molar-refractivity contribution in [2.24, 2.45) is 0 Å². The normalized spacial score (nSPS) is 19.2. The average molecular weight is 343 g/mol. The van der Waals surface area contributed by atoms with Crippen LogP contribution in [0.15, 0.2) is 55.1 Å². The molecular weight excluding hydrogens is 322 g/mol. The number of carbonyl (C=O) groups is 1. The van der Waals surface area contributed by atoms with Gasteiger partial charge in [0.05, 0.1) is 17.9 Å². The van der Waals surface area contributed by atoms with Crippen LogP contribution in [0.3, 0.4) is 0 Å². The van der Waals surface area contributed by atoms with E-state index in [1.54, 1.807) is 11.0 Å². The van der Waals surface area contributed by atoms with Crippen LogP contribution in [0, 0.1) is 0 Å². The molecule has 1 atom stereocenters. The fourth-order valence-corrected chi connectivity index (χ4v) is 4.97. The third kappa shape index (κ3) is 3.67. The molecule has 126 valence electrons. The molecule has 2 aromatic carbocycles. The lowest BCUT2D eigenvalue weighted by Crippen LogP contribution is -2.42. The number of carbonyl (C=O) groups excluding carboxylic acids is 1. The van der Waals surface area contributed by atoms with Crippen LogP contribution in [0.5, 0.6) is 0 Å². The fourth-order valence-electron chi connectivity index (χ4n) is 3.24. The van der Waals surface area contributed by atoms with Gasteiger partial charge in [-0.25, -0.2) is 8.42 Å². The van der Waals surface area contributed by atoms with Gasteiger partial charge in [-0.2, -0.15) is 0 Å². The quantitative estimate of drug-likeness (QED) is 0.784. The monoisotopic (exact) mass is 343 g/mol. The van der Waals surface area contributed by atoms with Crippen molar-refractivity contribution in [1.29, 1.82) is 0 Å². The van der Waals surface area contributed by atoms with E-state index in [2.05, 4.69) is 6.58 Å². The van der Waals surface area contributed by atoms with E-state index in [9.17, 15) is 13.2 Å². The second-order valence-electron chi connectivity index (χ2n) is 6.25. The van der Waals surface area contributed by atoms with Crippen molar-refractivity contribution >= 4 is 26.5 Å². The summed E-state index contributed by atoms with van der Waals surface area (Å²) in [5.74, 6) is 0.172. The van der Waals surface area contributed by atoms with Gasteiger partial charge in [-0.15, -0.1) is 6.58 Å². The van der Waals surface area contributed by atoms with E-state index < -0.39 is 9.84 Å². The van der Waals surface area contributed by atoms with Crippen molar-refractivity contribution in [2.75, 3.05) is 18.1 Å². The summed E-state index contributed by atoms with van der Waals surface area (Å²) in [7, 11) is -3.02. The second-order valence-corrected chi connectivity index (χ2v) is 8.48. The SMILES string of the molecule is C=CCN(C(=O)Cc1ccc2ccccc2c1)[C@H]1CCS(=O)(=O)C1. The second kappa shape index (κ2) is 6.77. The number of benzene rings is 2. The smallest absolute Gasteiger partial charge is 0.227 e. The molecule has 3 rings (SSSR count). The molecule has 4 nitrogen and oxygen atoms in total. The van der Waals surface area contributed by atoms with Crippen molar-refractivity contribution in [2.45, 2.75) is 18.9 Å². The minimum atomic E-state index is -3.02. The van der Waals surface area contributed by atoms with Crippen molar-refractivity contribution in [3.8, 4) is 0 Å². The third-order valence-corrected chi connectivity index (χ3v) is 6.21. The van der Waals surface area contributed by atoms with E-state index in [0.717, 1.165) is 16.3 Å². The Hall–Kier alpha value is -2.14. The molecular formula is C19H21NO3S. The van der Waals surface area contributed by atoms with Gasteiger partial charge in [0.1, 0.15) is 0 Å². The molecule has 1 fully saturated rings. The highest BCUT2D eigenvalue weighted by Gasteiger charge is 2.33. The molecule has 0 saturated carbocycles. The topological polar surface area (TPSA) is 54.5 Å². The first kappa shape index (κ1) is 16.7. The zero-order chi connectivity index (χ0) is 17.2. The zero-order valence-corrected chi connectivity index (χ0v) is 14.3. The Morgan fingerprint density at radius 1 is 1.21 bits per heavy atom. The summed E-state index contributed by atoms with van der Waals surface area (Å²) in [5.41, 5.74) is 0.939. The van der Waals surface area contributed by atoms with Gasteiger partial charge in [0.15, 0.2) is 9.84 Å². The molecule has 1 saturated heterocycles. The zero-order valence-electron chi connectivity index (χ0n) is 13.5. The first-order valence-electron chi connectivity index (χ1n) is 8.07. The van der Waals surface area contributed by atoms with E-state index in [1.165, 1.54) is 0 Å². The Balaban J connectivity index is 1.78. The van der Waals surface area contributed by atoms with Gasteiger partial charge < -0.3 is 4.90 Å².